The minimum atomic E-state index is 0.704. The molecule has 0 aliphatic carbocycles. The molecule has 82 valence electrons. The molecule has 0 heterocycles. The number of allylic oxidation sites excluding steroid dienone is 1. The van der Waals surface area contributed by atoms with E-state index in [2.05, 4.69) is 32.9 Å². The molecule has 0 spiro atoms. The van der Waals surface area contributed by atoms with E-state index in [1.165, 1.54) is 11.1 Å². The van der Waals surface area contributed by atoms with Crippen molar-refractivity contribution in [2.24, 2.45) is 5.92 Å². The minimum absolute atomic E-state index is 0.704. The second kappa shape index (κ2) is 6.28. The summed E-state index contributed by atoms with van der Waals surface area (Å²) in [5.41, 5.74) is 2.40. The van der Waals surface area contributed by atoms with E-state index in [9.17, 15) is 0 Å². The maximum Gasteiger partial charge on any atom is 0.0875 e. The van der Waals surface area contributed by atoms with Gasteiger partial charge < -0.3 is 4.74 Å². The van der Waals surface area contributed by atoms with E-state index >= 15 is 0 Å². The van der Waals surface area contributed by atoms with Gasteiger partial charge in [0.15, 0.2) is 0 Å². The fourth-order valence-corrected chi connectivity index (χ4v) is 1.26. The zero-order valence-electron chi connectivity index (χ0n) is 9.86. The number of rotatable bonds is 5. The lowest BCUT2D eigenvalue weighted by Crippen LogP contribution is -1.94. The van der Waals surface area contributed by atoms with Gasteiger partial charge in [-0.1, -0.05) is 44.2 Å². The Morgan fingerprint density at radius 3 is 2.53 bits per heavy atom. The van der Waals surface area contributed by atoms with Crippen molar-refractivity contribution in [3.05, 3.63) is 42.2 Å². The van der Waals surface area contributed by atoms with Gasteiger partial charge in [0.05, 0.1) is 12.9 Å². The lowest BCUT2D eigenvalue weighted by Gasteiger charge is -2.05. The van der Waals surface area contributed by atoms with Crippen LogP contribution in [0.1, 0.15) is 32.8 Å². The molecule has 0 amide bonds. The molecule has 15 heavy (non-hydrogen) atoms. The molecule has 1 rings (SSSR count). The zero-order chi connectivity index (χ0) is 11.1. The summed E-state index contributed by atoms with van der Waals surface area (Å²) in [4.78, 5) is 0. The van der Waals surface area contributed by atoms with E-state index in [-0.39, 0.29) is 0 Å². The van der Waals surface area contributed by atoms with Gasteiger partial charge in [0.2, 0.25) is 0 Å². The molecular formula is C14H20O. The summed E-state index contributed by atoms with van der Waals surface area (Å²) >= 11 is 0. The van der Waals surface area contributed by atoms with Gasteiger partial charge in [-0.15, -0.1) is 0 Å². The summed E-state index contributed by atoms with van der Waals surface area (Å²) < 4.78 is 5.50. The van der Waals surface area contributed by atoms with Crippen molar-refractivity contribution >= 4 is 5.57 Å². The molecular weight excluding hydrogens is 184 g/mol. The molecule has 0 unspecified atom stereocenters. The van der Waals surface area contributed by atoms with Crippen molar-refractivity contribution in [1.29, 1.82) is 0 Å². The van der Waals surface area contributed by atoms with Crippen molar-refractivity contribution in [2.45, 2.75) is 27.2 Å². The van der Waals surface area contributed by atoms with E-state index < -0.39 is 0 Å². The Labute approximate surface area is 92.8 Å². The number of ether oxygens (including phenoxy) is 1. The standard InChI is InChI=1S/C14H20O/c1-12(2)9-10-15-11-13(3)14-7-5-4-6-8-14/h4-8,11-12H,9-10H2,1-3H3. The van der Waals surface area contributed by atoms with Crippen LogP contribution in [-0.4, -0.2) is 6.61 Å². The first kappa shape index (κ1) is 11.8. The molecule has 1 nitrogen and oxygen atoms in total. The third kappa shape index (κ3) is 4.68. The molecule has 0 aliphatic rings. The molecule has 0 radical (unpaired) electrons. The second-order valence-electron chi connectivity index (χ2n) is 4.22. The van der Waals surface area contributed by atoms with E-state index in [0.717, 1.165) is 13.0 Å². The fraction of sp³-hybridized carbons (Fsp3) is 0.429. The second-order valence-corrected chi connectivity index (χ2v) is 4.22. The number of benzene rings is 1. The van der Waals surface area contributed by atoms with Crippen LogP contribution in [0.15, 0.2) is 36.6 Å². The highest BCUT2D eigenvalue weighted by Gasteiger charge is 1.95. The molecule has 0 N–H and O–H groups in total. The van der Waals surface area contributed by atoms with Crippen LogP contribution in [-0.2, 0) is 4.74 Å². The van der Waals surface area contributed by atoms with Crippen LogP contribution in [0.2, 0.25) is 0 Å². The van der Waals surface area contributed by atoms with Gasteiger partial charge in [-0.05, 0) is 30.4 Å². The van der Waals surface area contributed by atoms with E-state index in [4.69, 9.17) is 4.74 Å². The largest absolute Gasteiger partial charge is 0.501 e. The Morgan fingerprint density at radius 1 is 1.27 bits per heavy atom. The molecule has 0 saturated carbocycles. The molecule has 0 fully saturated rings. The summed E-state index contributed by atoms with van der Waals surface area (Å²) in [6.45, 7) is 7.29. The average molecular weight is 204 g/mol. The van der Waals surface area contributed by atoms with Crippen LogP contribution >= 0.6 is 0 Å². The summed E-state index contributed by atoms with van der Waals surface area (Å²) in [7, 11) is 0. The van der Waals surface area contributed by atoms with Crippen molar-refractivity contribution < 1.29 is 4.74 Å². The Morgan fingerprint density at radius 2 is 1.93 bits per heavy atom. The zero-order valence-corrected chi connectivity index (χ0v) is 9.86. The van der Waals surface area contributed by atoms with Gasteiger partial charge in [-0.2, -0.15) is 0 Å². The normalized spacial score (nSPS) is 11.9. The van der Waals surface area contributed by atoms with E-state index in [1.807, 2.05) is 24.5 Å². The highest BCUT2D eigenvalue weighted by Crippen LogP contribution is 2.12. The van der Waals surface area contributed by atoms with Crippen LogP contribution in [0.4, 0.5) is 0 Å². The maximum atomic E-state index is 5.50. The van der Waals surface area contributed by atoms with Crippen LogP contribution in [0.3, 0.4) is 0 Å². The van der Waals surface area contributed by atoms with Gasteiger partial charge in [0.25, 0.3) is 0 Å². The first-order valence-electron chi connectivity index (χ1n) is 5.54. The lowest BCUT2D eigenvalue weighted by atomic mass is 10.1. The first-order valence-corrected chi connectivity index (χ1v) is 5.54. The SMILES string of the molecule is CC(=COCCC(C)C)c1ccccc1. The van der Waals surface area contributed by atoms with Crippen molar-refractivity contribution in [3.8, 4) is 0 Å². The quantitative estimate of drug-likeness (QED) is 0.518. The maximum absolute atomic E-state index is 5.50. The van der Waals surface area contributed by atoms with E-state index in [0.29, 0.717) is 5.92 Å². The highest BCUT2D eigenvalue weighted by molar-refractivity contribution is 5.62. The van der Waals surface area contributed by atoms with Gasteiger partial charge in [0, 0.05) is 0 Å². The molecule has 1 heteroatoms. The van der Waals surface area contributed by atoms with Crippen LogP contribution in [0.25, 0.3) is 5.57 Å². The number of hydrogen-bond donors (Lipinski definition) is 0. The third-order valence-corrected chi connectivity index (χ3v) is 2.30. The molecule has 0 aliphatic heterocycles. The molecule has 0 bridgehead atoms. The Balaban J connectivity index is 2.40. The first-order chi connectivity index (χ1) is 7.20. The van der Waals surface area contributed by atoms with Gasteiger partial charge in [0.1, 0.15) is 0 Å². The Hall–Kier alpha value is -1.24. The third-order valence-electron chi connectivity index (χ3n) is 2.30. The monoisotopic (exact) mass is 204 g/mol. The van der Waals surface area contributed by atoms with Crippen molar-refractivity contribution in [2.75, 3.05) is 6.61 Å². The predicted octanol–water partition coefficient (Wildman–Crippen LogP) is 4.11. The van der Waals surface area contributed by atoms with Gasteiger partial charge in [-0.3, -0.25) is 0 Å². The van der Waals surface area contributed by atoms with Gasteiger partial charge in [-0.25, -0.2) is 0 Å². The summed E-state index contributed by atoms with van der Waals surface area (Å²) in [6.07, 6.45) is 2.97. The summed E-state index contributed by atoms with van der Waals surface area (Å²) in [5.74, 6) is 0.704. The summed E-state index contributed by atoms with van der Waals surface area (Å²) in [5, 5.41) is 0. The van der Waals surface area contributed by atoms with E-state index in [1.54, 1.807) is 0 Å². The van der Waals surface area contributed by atoms with Crippen LogP contribution < -0.4 is 0 Å². The van der Waals surface area contributed by atoms with Crippen LogP contribution in [0, 0.1) is 5.92 Å². The molecule has 1 aromatic carbocycles. The van der Waals surface area contributed by atoms with Crippen LogP contribution in [0.5, 0.6) is 0 Å². The smallest absolute Gasteiger partial charge is 0.0875 e. The topological polar surface area (TPSA) is 9.23 Å². The predicted molar refractivity (Wildman–Crippen MR) is 65.5 cm³/mol. The Bertz CT molecular complexity index is 298. The molecule has 0 atom stereocenters. The molecule has 0 saturated heterocycles. The highest BCUT2D eigenvalue weighted by atomic mass is 16.5. The molecule has 1 aromatic rings. The lowest BCUT2D eigenvalue weighted by molar-refractivity contribution is 0.230. The van der Waals surface area contributed by atoms with Crippen molar-refractivity contribution in [3.63, 3.8) is 0 Å². The number of hydrogen-bond acceptors (Lipinski definition) is 1. The average Bonchev–Trinajstić information content (AvgIpc) is 2.25. The Kier molecular flexibility index (Phi) is 4.96. The summed E-state index contributed by atoms with van der Waals surface area (Å²) in [6, 6.07) is 10.3. The molecule has 0 aromatic heterocycles. The minimum Gasteiger partial charge on any atom is -0.501 e. The van der Waals surface area contributed by atoms with Crippen molar-refractivity contribution in [1.82, 2.24) is 0 Å². The fourth-order valence-electron chi connectivity index (χ4n) is 1.26. The van der Waals surface area contributed by atoms with Gasteiger partial charge >= 0.3 is 0 Å².